The Balaban J connectivity index is 3.80. The van der Waals surface area contributed by atoms with Crippen LogP contribution in [0.2, 0.25) is 0 Å². The summed E-state index contributed by atoms with van der Waals surface area (Å²) in [4.78, 5) is 39.8. The zero-order valence-corrected chi connectivity index (χ0v) is 31.1. The molecule has 0 aliphatic rings. The number of hydrogen-bond acceptors (Lipinski definition) is 8. The van der Waals surface area contributed by atoms with E-state index in [-0.39, 0.29) is 36.1 Å². The van der Waals surface area contributed by atoms with Crippen LogP contribution in [0.5, 0.6) is 11.5 Å². The zero-order valence-electron chi connectivity index (χ0n) is 31.1. The molecule has 0 aliphatic carbocycles. The van der Waals surface area contributed by atoms with E-state index in [4.69, 9.17) is 18.9 Å². The van der Waals surface area contributed by atoms with Gasteiger partial charge in [0.25, 0.3) is 0 Å². The number of amides is 3. The zero-order chi connectivity index (χ0) is 36.1. The number of methoxy groups -OCH3 is 2. The van der Waals surface area contributed by atoms with Gasteiger partial charge >= 0.3 is 6.09 Å². The van der Waals surface area contributed by atoms with Crippen LogP contribution >= 0.6 is 0 Å². The second-order valence-corrected chi connectivity index (χ2v) is 14.8. The average molecular weight is 666 g/mol. The minimum Gasteiger partial charge on any atom is -0.493 e. The van der Waals surface area contributed by atoms with Gasteiger partial charge in [-0.05, 0) is 76.5 Å². The third-order valence-corrected chi connectivity index (χ3v) is 8.52. The van der Waals surface area contributed by atoms with Crippen molar-refractivity contribution in [3.05, 3.63) is 23.8 Å². The molecule has 1 rings (SSSR count). The molecule has 11 heteroatoms. The first kappa shape index (κ1) is 42.0. The normalized spacial score (nSPS) is 15.3. The van der Waals surface area contributed by atoms with Gasteiger partial charge in [0.05, 0.1) is 31.3 Å². The van der Waals surface area contributed by atoms with Crippen LogP contribution in [-0.4, -0.2) is 81.8 Å². The topological polar surface area (TPSA) is 144 Å². The Morgan fingerprint density at radius 2 is 1.55 bits per heavy atom. The van der Waals surface area contributed by atoms with E-state index in [1.165, 1.54) is 0 Å². The monoisotopic (exact) mass is 665 g/mol. The highest BCUT2D eigenvalue weighted by Gasteiger charge is 2.42. The van der Waals surface area contributed by atoms with Gasteiger partial charge in [-0.3, -0.25) is 9.59 Å². The standard InChI is InChI=1S/C36H63N3O8/c1-22(2)24(5)19-26(39-34(43)47-35(6,7)8)31(40)30(25-15-16-27(45-13)28(20-25)46-18-14-17-44-12)29(23(3)4)32(41)38-21-36(9,10)33(42)37-11/h15-16,20,22-24,26,29-31,40H,14,17-19,21H2,1-13H3,(H,37,42)(H,38,41)(H,39,43)/t24-,26-,29-,30?,31+/m0/s1. The van der Waals surface area contributed by atoms with Crippen LogP contribution in [-0.2, 0) is 19.1 Å². The molecule has 0 bridgehead atoms. The highest BCUT2D eigenvalue weighted by Crippen LogP contribution is 2.40. The van der Waals surface area contributed by atoms with Crippen molar-refractivity contribution >= 4 is 17.9 Å². The highest BCUT2D eigenvalue weighted by atomic mass is 16.6. The molecule has 1 unspecified atom stereocenters. The molecule has 0 spiro atoms. The number of carbonyl (C=O) groups is 3. The Bertz CT molecular complexity index is 1130. The van der Waals surface area contributed by atoms with Crippen molar-refractivity contribution in [1.29, 1.82) is 0 Å². The van der Waals surface area contributed by atoms with Crippen molar-refractivity contribution in [3.8, 4) is 11.5 Å². The first-order chi connectivity index (χ1) is 21.8. The van der Waals surface area contributed by atoms with E-state index in [0.717, 1.165) is 0 Å². The van der Waals surface area contributed by atoms with Gasteiger partial charge in [0.15, 0.2) is 11.5 Å². The smallest absolute Gasteiger partial charge is 0.407 e. The second-order valence-electron chi connectivity index (χ2n) is 14.8. The maximum Gasteiger partial charge on any atom is 0.407 e. The van der Waals surface area contributed by atoms with E-state index in [9.17, 15) is 19.5 Å². The first-order valence-electron chi connectivity index (χ1n) is 16.8. The number of nitrogens with one attached hydrogen (secondary N) is 3. The predicted octanol–water partition coefficient (Wildman–Crippen LogP) is 5.29. The fourth-order valence-corrected chi connectivity index (χ4v) is 5.41. The summed E-state index contributed by atoms with van der Waals surface area (Å²) in [5, 5.41) is 21.0. The van der Waals surface area contributed by atoms with E-state index in [0.29, 0.717) is 43.1 Å². The molecule has 0 fully saturated rings. The Kier molecular flexibility index (Phi) is 17.0. The number of benzene rings is 1. The Hall–Kier alpha value is -3.05. The summed E-state index contributed by atoms with van der Waals surface area (Å²) in [7, 11) is 4.74. The van der Waals surface area contributed by atoms with E-state index < -0.39 is 41.1 Å². The molecule has 5 atom stereocenters. The quantitative estimate of drug-likeness (QED) is 0.146. The summed E-state index contributed by atoms with van der Waals surface area (Å²) < 4.78 is 22.4. The van der Waals surface area contributed by atoms with Gasteiger partial charge in [0.1, 0.15) is 5.60 Å². The maximum absolute atomic E-state index is 14.1. The van der Waals surface area contributed by atoms with Crippen molar-refractivity contribution in [1.82, 2.24) is 16.0 Å². The van der Waals surface area contributed by atoms with Gasteiger partial charge in [0.2, 0.25) is 11.8 Å². The molecule has 0 radical (unpaired) electrons. The van der Waals surface area contributed by atoms with Crippen molar-refractivity contribution < 1.29 is 38.4 Å². The van der Waals surface area contributed by atoms with Crippen molar-refractivity contribution in [2.75, 3.05) is 41.0 Å². The van der Waals surface area contributed by atoms with E-state index >= 15 is 0 Å². The fraction of sp³-hybridized carbons (Fsp3) is 0.750. The molecular formula is C36H63N3O8. The summed E-state index contributed by atoms with van der Waals surface area (Å²) in [5.41, 5.74) is -0.963. The minimum atomic E-state index is -1.21. The molecule has 270 valence electrons. The van der Waals surface area contributed by atoms with Crippen molar-refractivity contribution in [2.45, 2.75) is 106 Å². The molecule has 0 saturated heterocycles. The predicted molar refractivity (Wildman–Crippen MR) is 185 cm³/mol. The summed E-state index contributed by atoms with van der Waals surface area (Å²) in [6.45, 7) is 20.0. The van der Waals surface area contributed by atoms with Crippen LogP contribution in [0.3, 0.4) is 0 Å². The Morgan fingerprint density at radius 1 is 0.915 bits per heavy atom. The minimum absolute atomic E-state index is 0.0952. The maximum atomic E-state index is 14.1. The van der Waals surface area contributed by atoms with Gasteiger partial charge in [-0.15, -0.1) is 0 Å². The number of ether oxygens (including phenoxy) is 4. The summed E-state index contributed by atoms with van der Waals surface area (Å²) in [6.07, 6.45) is -0.751. The van der Waals surface area contributed by atoms with Crippen LogP contribution in [0.4, 0.5) is 4.79 Å². The lowest BCUT2D eigenvalue weighted by Gasteiger charge is -2.39. The van der Waals surface area contributed by atoms with Gasteiger partial charge < -0.3 is 40.0 Å². The Labute approximate surface area is 283 Å². The number of carbonyl (C=O) groups excluding carboxylic acids is 3. The van der Waals surface area contributed by atoms with E-state index in [1.807, 2.05) is 19.9 Å². The van der Waals surface area contributed by atoms with Crippen molar-refractivity contribution in [3.63, 3.8) is 0 Å². The molecule has 47 heavy (non-hydrogen) atoms. The summed E-state index contributed by atoms with van der Waals surface area (Å²) in [6, 6.07) is 4.63. The molecule has 0 heterocycles. The number of aliphatic hydroxyl groups excluding tert-OH is 1. The van der Waals surface area contributed by atoms with Crippen LogP contribution in [0.15, 0.2) is 18.2 Å². The first-order valence-corrected chi connectivity index (χ1v) is 16.8. The Morgan fingerprint density at radius 3 is 2.06 bits per heavy atom. The van der Waals surface area contributed by atoms with Crippen LogP contribution in [0, 0.1) is 29.1 Å². The highest BCUT2D eigenvalue weighted by molar-refractivity contribution is 5.84. The molecule has 0 aliphatic heterocycles. The van der Waals surface area contributed by atoms with Gasteiger partial charge in [-0.1, -0.05) is 40.7 Å². The molecule has 1 aromatic carbocycles. The molecule has 0 saturated carbocycles. The number of hydrogen-bond donors (Lipinski definition) is 4. The second kappa shape index (κ2) is 19.1. The van der Waals surface area contributed by atoms with Crippen LogP contribution in [0.25, 0.3) is 0 Å². The fourth-order valence-electron chi connectivity index (χ4n) is 5.41. The lowest BCUT2D eigenvalue weighted by molar-refractivity contribution is -0.131. The summed E-state index contributed by atoms with van der Waals surface area (Å²) in [5.74, 6) is -0.924. The van der Waals surface area contributed by atoms with Gasteiger partial charge in [0, 0.05) is 45.6 Å². The third-order valence-electron chi connectivity index (χ3n) is 8.52. The molecular weight excluding hydrogens is 602 g/mol. The van der Waals surface area contributed by atoms with Crippen LogP contribution < -0.4 is 25.4 Å². The lowest BCUT2D eigenvalue weighted by atomic mass is 9.72. The van der Waals surface area contributed by atoms with E-state index in [2.05, 4.69) is 36.7 Å². The lowest BCUT2D eigenvalue weighted by Crippen LogP contribution is -2.52. The number of rotatable bonds is 19. The average Bonchev–Trinajstić information content (AvgIpc) is 2.98. The molecule has 0 aromatic heterocycles. The largest absolute Gasteiger partial charge is 0.493 e. The van der Waals surface area contributed by atoms with Crippen LogP contribution in [0.1, 0.15) is 93.6 Å². The molecule has 4 N–H and O–H groups in total. The molecule has 1 aromatic rings. The van der Waals surface area contributed by atoms with Crippen molar-refractivity contribution in [2.24, 2.45) is 29.1 Å². The third kappa shape index (κ3) is 13.5. The number of alkyl carbamates (subject to hydrolysis) is 1. The SMILES string of the molecule is CNC(=O)C(C)(C)CNC(=O)[C@@H](C(C)C)C(c1ccc(OC)c(OCCCOC)c1)[C@H](O)[C@H](C[C@H](C)C(C)C)NC(=O)OC(C)(C)C. The molecule has 11 nitrogen and oxygen atoms in total. The van der Waals surface area contributed by atoms with E-state index in [1.54, 1.807) is 68.0 Å². The summed E-state index contributed by atoms with van der Waals surface area (Å²) >= 11 is 0. The molecule has 3 amide bonds. The van der Waals surface area contributed by atoms with Gasteiger partial charge in [-0.25, -0.2) is 4.79 Å². The van der Waals surface area contributed by atoms with Gasteiger partial charge in [-0.2, -0.15) is 0 Å². The number of aliphatic hydroxyl groups is 1.